The Morgan fingerprint density at radius 1 is 1.05 bits per heavy atom. The van der Waals surface area contributed by atoms with Crippen LogP contribution >= 0.6 is 0 Å². The molecule has 0 aliphatic carbocycles. The van der Waals surface area contributed by atoms with Gasteiger partial charge < -0.3 is 15.7 Å². The van der Waals surface area contributed by atoms with Gasteiger partial charge in [0.15, 0.2) is 0 Å². The van der Waals surface area contributed by atoms with Crippen LogP contribution in [0.25, 0.3) is 10.8 Å². The standard InChI is InChI=1S/C16H18N2O3/c1-10(2)14(15(19)20)18-16(21)17-13-9-5-7-11-6-3-4-8-12(11)13/h3-10,14H,1-2H3,(H,19,20)(H2,17,18,21)/t14-/m1/s1. The number of hydrogen-bond acceptors (Lipinski definition) is 2. The molecule has 0 aromatic heterocycles. The second kappa shape index (κ2) is 6.26. The van der Waals surface area contributed by atoms with Gasteiger partial charge >= 0.3 is 12.0 Å². The summed E-state index contributed by atoms with van der Waals surface area (Å²) in [6, 6.07) is 11.8. The molecule has 5 nitrogen and oxygen atoms in total. The van der Waals surface area contributed by atoms with Gasteiger partial charge in [-0.1, -0.05) is 50.2 Å². The number of fused-ring (bicyclic) bond motifs is 1. The Bertz CT molecular complexity index is 662. The smallest absolute Gasteiger partial charge is 0.326 e. The highest BCUT2D eigenvalue weighted by Crippen LogP contribution is 2.22. The lowest BCUT2D eigenvalue weighted by Gasteiger charge is -2.18. The van der Waals surface area contributed by atoms with Crippen LogP contribution in [0.5, 0.6) is 0 Å². The normalized spacial score (nSPS) is 12.1. The number of aliphatic carboxylic acids is 1. The number of hydrogen-bond donors (Lipinski definition) is 3. The van der Waals surface area contributed by atoms with Crippen LogP contribution in [0.2, 0.25) is 0 Å². The maximum absolute atomic E-state index is 12.0. The molecule has 0 spiro atoms. The highest BCUT2D eigenvalue weighted by molar-refractivity contribution is 6.02. The van der Waals surface area contributed by atoms with Crippen molar-refractivity contribution in [3.8, 4) is 0 Å². The van der Waals surface area contributed by atoms with Crippen molar-refractivity contribution in [2.45, 2.75) is 19.9 Å². The summed E-state index contributed by atoms with van der Waals surface area (Å²) in [5, 5.41) is 16.2. The van der Waals surface area contributed by atoms with Crippen LogP contribution in [-0.4, -0.2) is 23.1 Å². The molecule has 0 radical (unpaired) electrons. The third-order valence-electron chi connectivity index (χ3n) is 3.26. The number of urea groups is 1. The number of carboxylic acids is 1. The van der Waals surface area contributed by atoms with E-state index in [4.69, 9.17) is 5.11 Å². The number of anilines is 1. The maximum Gasteiger partial charge on any atom is 0.326 e. The van der Waals surface area contributed by atoms with Gasteiger partial charge in [0.1, 0.15) is 6.04 Å². The summed E-state index contributed by atoms with van der Waals surface area (Å²) in [7, 11) is 0. The fourth-order valence-electron chi connectivity index (χ4n) is 2.15. The van der Waals surface area contributed by atoms with E-state index in [1.807, 2.05) is 36.4 Å². The molecular weight excluding hydrogens is 268 g/mol. The number of carbonyl (C=O) groups excluding carboxylic acids is 1. The van der Waals surface area contributed by atoms with Crippen molar-refractivity contribution < 1.29 is 14.7 Å². The topological polar surface area (TPSA) is 78.4 Å². The quantitative estimate of drug-likeness (QED) is 0.808. The largest absolute Gasteiger partial charge is 0.480 e. The molecule has 2 aromatic carbocycles. The second-order valence-electron chi connectivity index (χ2n) is 5.19. The summed E-state index contributed by atoms with van der Waals surface area (Å²) in [5.74, 6) is -1.24. The number of nitrogens with one attached hydrogen (secondary N) is 2. The van der Waals surface area contributed by atoms with Gasteiger partial charge in [-0.25, -0.2) is 9.59 Å². The Morgan fingerprint density at radius 3 is 2.38 bits per heavy atom. The number of carboxylic acid groups (broad SMARTS) is 1. The van der Waals surface area contributed by atoms with Crippen molar-refractivity contribution in [2.24, 2.45) is 5.92 Å². The van der Waals surface area contributed by atoms with E-state index < -0.39 is 18.0 Å². The van der Waals surface area contributed by atoms with Gasteiger partial charge in [0.25, 0.3) is 0 Å². The van der Waals surface area contributed by atoms with E-state index in [1.165, 1.54) is 0 Å². The third kappa shape index (κ3) is 3.51. The van der Waals surface area contributed by atoms with Crippen LogP contribution in [-0.2, 0) is 4.79 Å². The Morgan fingerprint density at radius 2 is 1.71 bits per heavy atom. The molecular formula is C16H18N2O3. The van der Waals surface area contributed by atoms with Gasteiger partial charge in [-0.15, -0.1) is 0 Å². The van der Waals surface area contributed by atoms with E-state index in [0.29, 0.717) is 5.69 Å². The number of amides is 2. The first-order valence-electron chi connectivity index (χ1n) is 6.77. The van der Waals surface area contributed by atoms with Crippen molar-refractivity contribution in [2.75, 3.05) is 5.32 Å². The Hall–Kier alpha value is -2.56. The molecule has 2 aromatic rings. The van der Waals surface area contributed by atoms with Gasteiger partial charge in [-0.2, -0.15) is 0 Å². The van der Waals surface area contributed by atoms with Gasteiger partial charge in [0, 0.05) is 5.39 Å². The summed E-state index contributed by atoms with van der Waals surface area (Å²) in [6.45, 7) is 3.49. The minimum atomic E-state index is -1.04. The second-order valence-corrected chi connectivity index (χ2v) is 5.19. The minimum Gasteiger partial charge on any atom is -0.480 e. The predicted molar refractivity (Wildman–Crippen MR) is 82.4 cm³/mol. The van der Waals surface area contributed by atoms with Crippen LogP contribution in [0.1, 0.15) is 13.8 Å². The molecule has 1 atom stereocenters. The van der Waals surface area contributed by atoms with Crippen LogP contribution in [0, 0.1) is 5.92 Å². The number of benzene rings is 2. The maximum atomic E-state index is 12.0. The average Bonchev–Trinajstić information content (AvgIpc) is 2.44. The average molecular weight is 286 g/mol. The minimum absolute atomic E-state index is 0.194. The molecule has 2 rings (SSSR count). The van der Waals surface area contributed by atoms with Gasteiger partial charge in [-0.3, -0.25) is 0 Å². The molecule has 110 valence electrons. The first kappa shape index (κ1) is 14.8. The fourth-order valence-corrected chi connectivity index (χ4v) is 2.15. The molecule has 0 unspecified atom stereocenters. The molecule has 0 heterocycles. The number of rotatable bonds is 4. The van der Waals surface area contributed by atoms with Crippen molar-refractivity contribution in [1.29, 1.82) is 0 Å². The van der Waals surface area contributed by atoms with Crippen molar-refractivity contribution in [1.82, 2.24) is 5.32 Å². The summed E-state index contributed by atoms with van der Waals surface area (Å²) in [4.78, 5) is 23.1. The molecule has 0 fully saturated rings. The zero-order valence-corrected chi connectivity index (χ0v) is 12.0. The van der Waals surface area contributed by atoms with Crippen molar-refractivity contribution >= 4 is 28.5 Å². The number of carbonyl (C=O) groups is 2. The lowest BCUT2D eigenvalue weighted by atomic mass is 10.1. The molecule has 5 heteroatoms. The highest BCUT2D eigenvalue weighted by atomic mass is 16.4. The summed E-state index contributed by atoms with van der Waals surface area (Å²) >= 11 is 0. The fraction of sp³-hybridized carbons (Fsp3) is 0.250. The lowest BCUT2D eigenvalue weighted by Crippen LogP contribution is -2.46. The lowest BCUT2D eigenvalue weighted by molar-refractivity contribution is -0.140. The molecule has 0 aliphatic heterocycles. The van der Waals surface area contributed by atoms with Crippen LogP contribution < -0.4 is 10.6 Å². The van der Waals surface area contributed by atoms with Crippen molar-refractivity contribution in [3.63, 3.8) is 0 Å². The molecule has 21 heavy (non-hydrogen) atoms. The van der Waals surface area contributed by atoms with Crippen LogP contribution in [0.15, 0.2) is 42.5 Å². The molecule has 0 saturated carbocycles. The monoisotopic (exact) mass is 286 g/mol. The Labute approximate surface area is 123 Å². The Kier molecular flexibility index (Phi) is 4.42. The summed E-state index contributed by atoms with van der Waals surface area (Å²) in [6.07, 6.45) is 0. The van der Waals surface area contributed by atoms with E-state index in [9.17, 15) is 9.59 Å². The predicted octanol–water partition coefficient (Wildman–Crippen LogP) is 3.07. The Balaban J connectivity index is 2.17. The molecule has 2 amide bonds. The zero-order valence-electron chi connectivity index (χ0n) is 12.0. The SMILES string of the molecule is CC(C)[C@@H](NC(=O)Nc1cccc2ccccc12)C(=O)O. The molecule has 3 N–H and O–H groups in total. The third-order valence-corrected chi connectivity index (χ3v) is 3.26. The molecule has 0 aliphatic rings. The van der Waals surface area contributed by atoms with E-state index >= 15 is 0 Å². The van der Waals surface area contributed by atoms with E-state index in [0.717, 1.165) is 10.8 Å². The molecule has 0 bridgehead atoms. The highest BCUT2D eigenvalue weighted by Gasteiger charge is 2.23. The van der Waals surface area contributed by atoms with Gasteiger partial charge in [0.2, 0.25) is 0 Å². The van der Waals surface area contributed by atoms with E-state index in [-0.39, 0.29) is 5.92 Å². The molecule has 0 saturated heterocycles. The summed E-state index contributed by atoms with van der Waals surface area (Å²) < 4.78 is 0. The van der Waals surface area contributed by atoms with Gasteiger partial charge in [0.05, 0.1) is 5.69 Å². The van der Waals surface area contributed by atoms with Crippen LogP contribution in [0.3, 0.4) is 0 Å². The van der Waals surface area contributed by atoms with Crippen LogP contribution in [0.4, 0.5) is 10.5 Å². The zero-order chi connectivity index (χ0) is 15.4. The summed E-state index contributed by atoms with van der Waals surface area (Å²) in [5.41, 5.74) is 0.651. The van der Waals surface area contributed by atoms with Gasteiger partial charge in [-0.05, 0) is 17.4 Å². The first-order chi connectivity index (χ1) is 9.99. The van der Waals surface area contributed by atoms with Crippen molar-refractivity contribution in [3.05, 3.63) is 42.5 Å². The van der Waals surface area contributed by atoms with E-state index in [1.54, 1.807) is 19.9 Å². The first-order valence-corrected chi connectivity index (χ1v) is 6.77. The van der Waals surface area contributed by atoms with E-state index in [2.05, 4.69) is 10.6 Å².